The number of anilines is 3. The van der Waals surface area contributed by atoms with Crippen molar-refractivity contribution in [3.05, 3.63) is 48.0 Å². The van der Waals surface area contributed by atoms with E-state index < -0.39 is 0 Å². The Morgan fingerprint density at radius 2 is 2.00 bits per heavy atom. The summed E-state index contributed by atoms with van der Waals surface area (Å²) in [6, 6.07) is 6.60. The number of hydrogen-bond acceptors (Lipinski definition) is 3. The summed E-state index contributed by atoms with van der Waals surface area (Å²) >= 11 is 0. The first-order valence-electron chi connectivity index (χ1n) is 4.89. The molecular formula is C12H12FN3. The molecule has 1 aromatic carbocycles. The van der Waals surface area contributed by atoms with Crippen molar-refractivity contribution < 1.29 is 4.39 Å². The number of aromatic nitrogens is 1. The van der Waals surface area contributed by atoms with Gasteiger partial charge >= 0.3 is 0 Å². The Labute approximate surface area is 93.1 Å². The summed E-state index contributed by atoms with van der Waals surface area (Å²) in [6.45, 7) is 1.72. The van der Waals surface area contributed by atoms with Gasteiger partial charge in [-0.3, -0.25) is 4.98 Å². The number of hydrogen-bond donors (Lipinski definition) is 2. The van der Waals surface area contributed by atoms with Gasteiger partial charge in [-0.15, -0.1) is 0 Å². The van der Waals surface area contributed by atoms with Crippen LogP contribution in [0.5, 0.6) is 0 Å². The van der Waals surface area contributed by atoms with Crippen molar-refractivity contribution in [3.8, 4) is 0 Å². The molecule has 1 heterocycles. The van der Waals surface area contributed by atoms with Gasteiger partial charge in [-0.1, -0.05) is 0 Å². The van der Waals surface area contributed by atoms with Gasteiger partial charge in [-0.05, 0) is 36.8 Å². The van der Waals surface area contributed by atoms with Crippen LogP contribution in [0.3, 0.4) is 0 Å². The Morgan fingerprint density at radius 3 is 2.69 bits per heavy atom. The van der Waals surface area contributed by atoms with Crippen molar-refractivity contribution in [1.82, 2.24) is 4.98 Å². The number of rotatable bonds is 2. The van der Waals surface area contributed by atoms with E-state index in [0.29, 0.717) is 11.3 Å². The second-order valence-corrected chi connectivity index (χ2v) is 3.60. The lowest BCUT2D eigenvalue weighted by molar-refractivity contribution is 0.619. The number of nitrogens with zero attached hydrogens (tertiary/aromatic N) is 1. The third-order valence-electron chi connectivity index (χ3n) is 2.21. The highest BCUT2D eigenvalue weighted by Crippen LogP contribution is 2.19. The summed E-state index contributed by atoms with van der Waals surface area (Å²) in [4.78, 5) is 3.96. The monoisotopic (exact) mass is 217 g/mol. The number of nitrogens with two attached hydrogens (primary N) is 1. The van der Waals surface area contributed by atoms with E-state index in [4.69, 9.17) is 5.73 Å². The predicted molar refractivity (Wildman–Crippen MR) is 63.1 cm³/mol. The molecule has 0 aliphatic carbocycles. The topological polar surface area (TPSA) is 50.9 Å². The molecule has 0 radical (unpaired) electrons. The minimum atomic E-state index is -0.212. The molecule has 3 nitrogen and oxygen atoms in total. The molecule has 2 aromatic rings. The van der Waals surface area contributed by atoms with Gasteiger partial charge in [0.25, 0.3) is 0 Å². The second kappa shape index (κ2) is 4.18. The zero-order valence-electron chi connectivity index (χ0n) is 8.87. The number of pyridine rings is 1. The third-order valence-corrected chi connectivity index (χ3v) is 2.21. The molecule has 1 aromatic heterocycles. The molecule has 0 fully saturated rings. The molecule has 2 rings (SSSR count). The standard InChI is InChI=1S/C12H12FN3/c1-8-4-10(2-3-12(8)13)16-11-5-9(14)6-15-7-11/h2-7,16H,14H2,1H3. The zero-order valence-corrected chi connectivity index (χ0v) is 8.87. The lowest BCUT2D eigenvalue weighted by atomic mass is 10.2. The lowest BCUT2D eigenvalue weighted by Gasteiger charge is -2.07. The summed E-state index contributed by atoms with van der Waals surface area (Å²) in [6.07, 6.45) is 3.23. The normalized spacial score (nSPS) is 10.1. The van der Waals surface area contributed by atoms with Crippen LogP contribution in [0, 0.1) is 12.7 Å². The maximum atomic E-state index is 13.0. The first-order chi connectivity index (χ1) is 7.65. The van der Waals surface area contributed by atoms with Crippen LogP contribution in [-0.4, -0.2) is 4.98 Å². The molecule has 0 saturated carbocycles. The van der Waals surface area contributed by atoms with Crippen LogP contribution in [0.25, 0.3) is 0 Å². The highest BCUT2D eigenvalue weighted by Gasteiger charge is 2.00. The van der Waals surface area contributed by atoms with E-state index in [1.807, 2.05) is 0 Å². The Kier molecular flexibility index (Phi) is 2.72. The Hall–Kier alpha value is -2.10. The minimum Gasteiger partial charge on any atom is -0.397 e. The van der Waals surface area contributed by atoms with Gasteiger partial charge < -0.3 is 11.1 Å². The maximum Gasteiger partial charge on any atom is 0.126 e. The van der Waals surface area contributed by atoms with Gasteiger partial charge in [0.15, 0.2) is 0 Å². The quantitative estimate of drug-likeness (QED) is 0.813. The summed E-state index contributed by atoms with van der Waals surface area (Å²) in [5.74, 6) is -0.212. The molecule has 0 unspecified atom stereocenters. The molecule has 0 aliphatic rings. The van der Waals surface area contributed by atoms with Crippen molar-refractivity contribution in [1.29, 1.82) is 0 Å². The van der Waals surface area contributed by atoms with E-state index in [-0.39, 0.29) is 5.82 Å². The van der Waals surface area contributed by atoms with Gasteiger partial charge in [0, 0.05) is 11.9 Å². The molecular weight excluding hydrogens is 205 g/mol. The number of nitrogen functional groups attached to an aromatic ring is 1. The molecule has 0 bridgehead atoms. The molecule has 0 aliphatic heterocycles. The minimum absolute atomic E-state index is 0.212. The lowest BCUT2D eigenvalue weighted by Crippen LogP contribution is -1.94. The highest BCUT2D eigenvalue weighted by molar-refractivity contribution is 5.62. The second-order valence-electron chi connectivity index (χ2n) is 3.60. The van der Waals surface area contributed by atoms with Crippen LogP contribution in [0.2, 0.25) is 0 Å². The van der Waals surface area contributed by atoms with Gasteiger partial charge in [0.1, 0.15) is 5.82 Å². The fourth-order valence-electron chi connectivity index (χ4n) is 1.42. The van der Waals surface area contributed by atoms with Crippen LogP contribution in [0.4, 0.5) is 21.5 Å². The molecule has 16 heavy (non-hydrogen) atoms. The summed E-state index contributed by atoms with van der Waals surface area (Å²) in [7, 11) is 0. The van der Waals surface area contributed by atoms with Crippen LogP contribution in [-0.2, 0) is 0 Å². The molecule has 0 spiro atoms. The van der Waals surface area contributed by atoms with Crippen molar-refractivity contribution >= 4 is 17.1 Å². The van der Waals surface area contributed by atoms with E-state index in [9.17, 15) is 4.39 Å². The molecule has 3 N–H and O–H groups in total. The number of benzene rings is 1. The van der Waals surface area contributed by atoms with Gasteiger partial charge in [0.2, 0.25) is 0 Å². The van der Waals surface area contributed by atoms with Gasteiger partial charge in [-0.25, -0.2) is 4.39 Å². The highest BCUT2D eigenvalue weighted by atomic mass is 19.1. The first kappa shape index (κ1) is 10.4. The average Bonchev–Trinajstić information content (AvgIpc) is 2.24. The van der Waals surface area contributed by atoms with Crippen molar-refractivity contribution in [2.75, 3.05) is 11.1 Å². The van der Waals surface area contributed by atoms with Gasteiger partial charge in [0.05, 0.1) is 17.6 Å². The van der Waals surface area contributed by atoms with Crippen LogP contribution < -0.4 is 11.1 Å². The fourth-order valence-corrected chi connectivity index (χ4v) is 1.42. The molecule has 82 valence electrons. The molecule has 0 saturated heterocycles. The van der Waals surface area contributed by atoms with E-state index in [0.717, 1.165) is 11.4 Å². The van der Waals surface area contributed by atoms with Crippen LogP contribution in [0.15, 0.2) is 36.7 Å². The van der Waals surface area contributed by atoms with E-state index in [1.165, 1.54) is 6.07 Å². The van der Waals surface area contributed by atoms with E-state index >= 15 is 0 Å². The Balaban J connectivity index is 2.24. The summed E-state index contributed by atoms with van der Waals surface area (Å²) < 4.78 is 13.0. The number of nitrogens with one attached hydrogen (secondary N) is 1. The number of aryl methyl sites for hydroxylation is 1. The van der Waals surface area contributed by atoms with Crippen LogP contribution in [0.1, 0.15) is 5.56 Å². The average molecular weight is 217 g/mol. The summed E-state index contributed by atoms with van der Waals surface area (Å²) in [5.41, 5.74) is 8.38. The fraction of sp³-hybridized carbons (Fsp3) is 0.0833. The largest absolute Gasteiger partial charge is 0.397 e. The first-order valence-corrected chi connectivity index (χ1v) is 4.89. The van der Waals surface area contributed by atoms with E-state index in [2.05, 4.69) is 10.3 Å². The van der Waals surface area contributed by atoms with Crippen molar-refractivity contribution in [2.24, 2.45) is 0 Å². The molecule has 0 atom stereocenters. The predicted octanol–water partition coefficient (Wildman–Crippen LogP) is 2.85. The smallest absolute Gasteiger partial charge is 0.126 e. The number of halogens is 1. The zero-order chi connectivity index (χ0) is 11.5. The van der Waals surface area contributed by atoms with Gasteiger partial charge in [-0.2, -0.15) is 0 Å². The van der Waals surface area contributed by atoms with E-state index in [1.54, 1.807) is 37.5 Å². The maximum absolute atomic E-state index is 13.0. The SMILES string of the molecule is Cc1cc(Nc2cncc(N)c2)ccc1F. The summed E-state index contributed by atoms with van der Waals surface area (Å²) in [5, 5.41) is 3.10. The Bertz CT molecular complexity index is 511. The molecule has 0 amide bonds. The van der Waals surface area contributed by atoms with Crippen molar-refractivity contribution in [3.63, 3.8) is 0 Å². The molecule has 4 heteroatoms. The van der Waals surface area contributed by atoms with Crippen molar-refractivity contribution in [2.45, 2.75) is 6.92 Å². The van der Waals surface area contributed by atoms with Crippen LogP contribution >= 0.6 is 0 Å². The Morgan fingerprint density at radius 1 is 1.19 bits per heavy atom. The third kappa shape index (κ3) is 2.28.